The van der Waals surface area contributed by atoms with Crippen LogP contribution in [0.4, 0.5) is 0 Å². The molecule has 0 fully saturated rings. The van der Waals surface area contributed by atoms with E-state index in [1.165, 1.54) is 0 Å². The molecule has 0 unspecified atom stereocenters. The van der Waals surface area contributed by atoms with Crippen LogP contribution in [0, 0.1) is 0 Å². The van der Waals surface area contributed by atoms with Crippen LogP contribution in [0.1, 0.15) is 40.0 Å². The van der Waals surface area contributed by atoms with Crippen molar-refractivity contribution in [3.05, 3.63) is 114 Å². The molecular formula is C30H23N3O2. The molecule has 0 atom stereocenters. The fourth-order valence-corrected chi connectivity index (χ4v) is 4.93. The van der Waals surface area contributed by atoms with Gasteiger partial charge in [-0.25, -0.2) is 14.5 Å². The first-order chi connectivity index (χ1) is 17.2. The summed E-state index contributed by atoms with van der Waals surface area (Å²) in [6, 6.07) is 27.7. The zero-order valence-electron chi connectivity index (χ0n) is 19.1. The van der Waals surface area contributed by atoms with Crippen LogP contribution in [0.5, 0.6) is 0 Å². The average molecular weight is 458 g/mol. The van der Waals surface area contributed by atoms with Crippen LogP contribution in [0.3, 0.4) is 0 Å². The second kappa shape index (κ2) is 8.69. The van der Waals surface area contributed by atoms with Crippen LogP contribution < -0.4 is 0 Å². The molecule has 2 aromatic heterocycles. The maximum absolute atomic E-state index is 12.3. The first-order valence-electron chi connectivity index (χ1n) is 11.8. The number of para-hydroxylation sites is 2. The smallest absolute Gasteiger partial charge is 0.336 e. The van der Waals surface area contributed by atoms with E-state index in [1.54, 1.807) is 0 Å². The Kier molecular flexibility index (Phi) is 5.23. The first kappa shape index (κ1) is 21.1. The fourth-order valence-electron chi connectivity index (χ4n) is 4.93. The molecule has 3 aromatic carbocycles. The van der Waals surface area contributed by atoms with Gasteiger partial charge in [0.1, 0.15) is 0 Å². The standard InChI is InChI=1S/C30H23N3O2/c34-30(35)27-24-15-7-8-17-26(24)31-29-21(12-9-16-25(27)29)18-22-19-33(23-13-5-2-6-14-23)32-28(22)20-10-3-1-4-11-20/h1-8,10-11,13-15,17-19H,9,12,16H2,(H,34,35). The van der Waals surface area contributed by atoms with E-state index in [9.17, 15) is 9.90 Å². The van der Waals surface area contributed by atoms with Crippen LogP contribution in [-0.4, -0.2) is 25.8 Å². The molecule has 5 aromatic rings. The van der Waals surface area contributed by atoms with E-state index in [0.29, 0.717) is 22.9 Å². The highest BCUT2D eigenvalue weighted by Crippen LogP contribution is 2.37. The molecular weight excluding hydrogens is 434 g/mol. The lowest BCUT2D eigenvalue weighted by Crippen LogP contribution is -2.13. The highest BCUT2D eigenvalue weighted by Gasteiger charge is 2.25. The summed E-state index contributed by atoms with van der Waals surface area (Å²) in [6.07, 6.45) is 6.61. The van der Waals surface area contributed by atoms with Gasteiger partial charge >= 0.3 is 5.97 Å². The molecule has 6 rings (SSSR count). The number of pyridine rings is 1. The number of aromatic nitrogens is 3. The Balaban J connectivity index is 1.56. The molecule has 0 bridgehead atoms. The minimum Gasteiger partial charge on any atom is -0.478 e. The number of hydrogen-bond donors (Lipinski definition) is 1. The molecule has 5 nitrogen and oxygen atoms in total. The van der Waals surface area contributed by atoms with Gasteiger partial charge in [-0.2, -0.15) is 5.10 Å². The summed E-state index contributed by atoms with van der Waals surface area (Å²) in [5, 5.41) is 15.7. The number of benzene rings is 3. The van der Waals surface area contributed by atoms with Crippen LogP contribution in [0.2, 0.25) is 0 Å². The maximum atomic E-state index is 12.3. The Morgan fingerprint density at radius 2 is 1.57 bits per heavy atom. The van der Waals surface area contributed by atoms with Gasteiger partial charge in [0.05, 0.1) is 28.2 Å². The van der Waals surface area contributed by atoms with Crippen molar-refractivity contribution in [2.24, 2.45) is 0 Å². The Bertz CT molecular complexity index is 1580. The lowest BCUT2D eigenvalue weighted by molar-refractivity contribution is 0.0697. The van der Waals surface area contributed by atoms with E-state index in [1.807, 2.05) is 83.7 Å². The summed E-state index contributed by atoms with van der Waals surface area (Å²) < 4.78 is 1.90. The number of allylic oxidation sites excluding steroid dienone is 1. The highest BCUT2D eigenvalue weighted by molar-refractivity contribution is 6.06. The number of rotatable bonds is 4. The summed E-state index contributed by atoms with van der Waals surface area (Å²) >= 11 is 0. The van der Waals surface area contributed by atoms with E-state index in [0.717, 1.165) is 52.2 Å². The summed E-state index contributed by atoms with van der Waals surface area (Å²) in [5.74, 6) is -0.900. The van der Waals surface area contributed by atoms with E-state index in [2.05, 4.69) is 18.2 Å². The van der Waals surface area contributed by atoms with Crippen molar-refractivity contribution >= 4 is 28.5 Å². The third-order valence-corrected chi connectivity index (χ3v) is 6.52. The number of hydrogen-bond acceptors (Lipinski definition) is 3. The average Bonchev–Trinajstić information content (AvgIpc) is 3.32. The summed E-state index contributed by atoms with van der Waals surface area (Å²) in [4.78, 5) is 17.2. The Morgan fingerprint density at radius 3 is 2.34 bits per heavy atom. The lowest BCUT2D eigenvalue weighted by atomic mass is 9.86. The third kappa shape index (κ3) is 3.81. The molecule has 1 aliphatic rings. The monoisotopic (exact) mass is 457 g/mol. The zero-order valence-corrected chi connectivity index (χ0v) is 19.1. The van der Waals surface area contributed by atoms with Gasteiger partial charge in [-0.15, -0.1) is 0 Å². The molecule has 0 radical (unpaired) electrons. The van der Waals surface area contributed by atoms with Crippen molar-refractivity contribution in [2.45, 2.75) is 19.3 Å². The Hall–Kier alpha value is -4.51. The molecule has 0 amide bonds. The number of carboxylic acid groups (broad SMARTS) is 1. The topological polar surface area (TPSA) is 68.0 Å². The Morgan fingerprint density at radius 1 is 0.857 bits per heavy atom. The number of aromatic carboxylic acids is 1. The van der Waals surface area contributed by atoms with Crippen LogP contribution in [0.25, 0.3) is 39.5 Å². The minimum absolute atomic E-state index is 0.375. The highest BCUT2D eigenvalue weighted by atomic mass is 16.4. The SMILES string of the molecule is O=C(O)c1c2c(nc3ccccc13)C(=Cc1cn(-c3ccccc3)nc1-c1ccccc1)CCC2. The quantitative estimate of drug-likeness (QED) is 0.328. The second-order valence-electron chi connectivity index (χ2n) is 8.74. The van der Waals surface area contributed by atoms with Crippen molar-refractivity contribution in [2.75, 3.05) is 0 Å². The molecule has 1 N–H and O–H groups in total. The van der Waals surface area contributed by atoms with Crippen molar-refractivity contribution in [1.82, 2.24) is 14.8 Å². The number of carbonyl (C=O) groups is 1. The molecule has 2 heterocycles. The van der Waals surface area contributed by atoms with Gasteiger partial charge in [-0.3, -0.25) is 0 Å². The van der Waals surface area contributed by atoms with Crippen molar-refractivity contribution in [1.29, 1.82) is 0 Å². The molecule has 170 valence electrons. The number of carboxylic acids is 1. The first-order valence-corrected chi connectivity index (χ1v) is 11.8. The Labute approximate surface area is 203 Å². The molecule has 0 aliphatic heterocycles. The maximum Gasteiger partial charge on any atom is 0.336 e. The van der Waals surface area contributed by atoms with Gasteiger partial charge in [0, 0.05) is 22.7 Å². The van der Waals surface area contributed by atoms with Crippen molar-refractivity contribution in [3.63, 3.8) is 0 Å². The van der Waals surface area contributed by atoms with Crippen molar-refractivity contribution in [3.8, 4) is 16.9 Å². The molecule has 5 heteroatoms. The van der Waals surface area contributed by atoms with Gasteiger partial charge in [0.2, 0.25) is 0 Å². The van der Waals surface area contributed by atoms with Gasteiger partial charge < -0.3 is 5.11 Å². The van der Waals surface area contributed by atoms with E-state index < -0.39 is 5.97 Å². The molecule has 0 spiro atoms. The van der Waals surface area contributed by atoms with Crippen LogP contribution in [-0.2, 0) is 6.42 Å². The third-order valence-electron chi connectivity index (χ3n) is 6.52. The predicted molar refractivity (Wildman–Crippen MR) is 139 cm³/mol. The molecule has 35 heavy (non-hydrogen) atoms. The number of fused-ring (bicyclic) bond motifs is 2. The van der Waals surface area contributed by atoms with Gasteiger partial charge in [0.15, 0.2) is 0 Å². The second-order valence-corrected chi connectivity index (χ2v) is 8.74. The normalized spacial score (nSPS) is 14.2. The summed E-state index contributed by atoms with van der Waals surface area (Å²) in [5.41, 5.74) is 7.62. The zero-order chi connectivity index (χ0) is 23.8. The summed E-state index contributed by atoms with van der Waals surface area (Å²) in [6.45, 7) is 0. The van der Waals surface area contributed by atoms with Crippen LogP contribution in [0.15, 0.2) is 91.1 Å². The van der Waals surface area contributed by atoms with Gasteiger partial charge in [0.25, 0.3) is 0 Å². The van der Waals surface area contributed by atoms with Gasteiger partial charge in [-0.1, -0.05) is 66.7 Å². The number of nitrogens with zero attached hydrogens (tertiary/aromatic N) is 3. The minimum atomic E-state index is -0.900. The van der Waals surface area contributed by atoms with Gasteiger partial charge in [-0.05, 0) is 54.7 Å². The lowest BCUT2D eigenvalue weighted by Gasteiger charge is -2.21. The summed E-state index contributed by atoms with van der Waals surface area (Å²) in [7, 11) is 0. The predicted octanol–water partition coefficient (Wildman–Crippen LogP) is 6.66. The van der Waals surface area contributed by atoms with Crippen molar-refractivity contribution < 1.29 is 9.90 Å². The van der Waals surface area contributed by atoms with E-state index in [-0.39, 0.29) is 0 Å². The molecule has 1 aliphatic carbocycles. The van der Waals surface area contributed by atoms with E-state index in [4.69, 9.17) is 10.1 Å². The molecule has 0 saturated carbocycles. The van der Waals surface area contributed by atoms with Crippen LogP contribution >= 0.6 is 0 Å². The largest absolute Gasteiger partial charge is 0.478 e. The molecule has 0 saturated heterocycles. The van der Waals surface area contributed by atoms with E-state index >= 15 is 0 Å². The fraction of sp³-hybridized carbons (Fsp3) is 0.100.